The van der Waals surface area contributed by atoms with E-state index in [1.165, 1.54) is 0 Å². The molecule has 1 aromatic rings. The molecule has 0 saturated heterocycles. The number of halogens is 1. The predicted molar refractivity (Wildman–Crippen MR) is 83.8 cm³/mol. The summed E-state index contributed by atoms with van der Waals surface area (Å²) < 4.78 is 27.1. The maximum Gasteiger partial charge on any atom is 0.240 e. The van der Waals surface area contributed by atoms with Crippen LogP contribution in [0.25, 0.3) is 0 Å². The molecule has 0 amide bonds. The van der Waals surface area contributed by atoms with Gasteiger partial charge in [-0.1, -0.05) is 12.1 Å². The van der Waals surface area contributed by atoms with Crippen molar-refractivity contribution >= 4 is 21.6 Å². The van der Waals surface area contributed by atoms with Crippen LogP contribution in [0.1, 0.15) is 18.9 Å². The van der Waals surface area contributed by atoms with E-state index in [1.54, 1.807) is 24.3 Å². The Bertz CT molecular complexity index is 500. The largest absolute Gasteiger partial charge is 0.309 e. The third-order valence-corrected chi connectivity index (χ3v) is 4.78. The van der Waals surface area contributed by atoms with Crippen LogP contribution < -0.4 is 4.72 Å². The van der Waals surface area contributed by atoms with E-state index in [1.807, 2.05) is 25.9 Å². The number of aryl methyl sites for hydroxylation is 1. The fraction of sp³-hybridized carbons (Fsp3) is 0.571. The molecule has 1 aromatic carbocycles. The van der Waals surface area contributed by atoms with Crippen molar-refractivity contribution in [3.8, 4) is 0 Å². The number of rotatable bonds is 8. The second-order valence-electron chi connectivity index (χ2n) is 5.20. The summed E-state index contributed by atoms with van der Waals surface area (Å²) in [6.45, 7) is 2.72. The molecule has 0 spiro atoms. The number of nitrogens with zero attached hydrogens (tertiary/aromatic N) is 1. The Hall–Kier alpha value is -0.620. The van der Waals surface area contributed by atoms with Crippen LogP contribution >= 0.6 is 11.6 Å². The Morgan fingerprint density at radius 2 is 1.85 bits per heavy atom. The molecule has 1 rings (SSSR count). The predicted octanol–water partition coefficient (Wildman–Crippen LogP) is 2.09. The molecule has 4 nitrogen and oxygen atoms in total. The standard InChI is InChI=1S/C14H23ClN2O2S/c1-12(9-11-17(2)3)16-20(18,19)14-6-4-13(5-7-14)8-10-15/h4-7,12,16H,8-11H2,1-3H3. The van der Waals surface area contributed by atoms with Crippen LogP contribution in [0.5, 0.6) is 0 Å². The lowest BCUT2D eigenvalue weighted by Gasteiger charge is -2.17. The summed E-state index contributed by atoms with van der Waals surface area (Å²) in [6, 6.07) is 6.78. The topological polar surface area (TPSA) is 49.4 Å². The molecule has 0 bridgehead atoms. The lowest BCUT2D eigenvalue weighted by atomic mass is 10.2. The van der Waals surface area contributed by atoms with Crippen LogP contribution in [-0.2, 0) is 16.4 Å². The van der Waals surface area contributed by atoms with Gasteiger partial charge in [-0.25, -0.2) is 13.1 Å². The summed E-state index contributed by atoms with van der Waals surface area (Å²) in [5, 5.41) is 0. The van der Waals surface area contributed by atoms with Crippen LogP contribution in [0, 0.1) is 0 Å². The summed E-state index contributed by atoms with van der Waals surface area (Å²) >= 11 is 5.66. The molecule has 0 radical (unpaired) electrons. The zero-order valence-corrected chi connectivity index (χ0v) is 13.8. The average molecular weight is 319 g/mol. The van der Waals surface area contributed by atoms with Gasteiger partial charge in [0.1, 0.15) is 0 Å². The first-order chi connectivity index (χ1) is 9.35. The van der Waals surface area contributed by atoms with E-state index in [0.29, 0.717) is 10.8 Å². The SMILES string of the molecule is CC(CCN(C)C)NS(=O)(=O)c1ccc(CCCl)cc1. The van der Waals surface area contributed by atoms with Gasteiger partial charge in [-0.15, -0.1) is 11.6 Å². The first-order valence-electron chi connectivity index (χ1n) is 6.67. The van der Waals surface area contributed by atoms with Gasteiger partial charge < -0.3 is 4.90 Å². The molecule has 114 valence electrons. The number of nitrogens with one attached hydrogen (secondary N) is 1. The maximum atomic E-state index is 12.2. The van der Waals surface area contributed by atoms with E-state index in [9.17, 15) is 8.42 Å². The van der Waals surface area contributed by atoms with E-state index >= 15 is 0 Å². The second-order valence-corrected chi connectivity index (χ2v) is 7.29. The molecule has 0 aliphatic rings. The highest BCUT2D eigenvalue weighted by atomic mass is 35.5. The van der Waals surface area contributed by atoms with Crippen LogP contribution in [0.15, 0.2) is 29.2 Å². The van der Waals surface area contributed by atoms with Gasteiger partial charge in [0.25, 0.3) is 0 Å². The van der Waals surface area contributed by atoms with Crippen molar-refractivity contribution < 1.29 is 8.42 Å². The van der Waals surface area contributed by atoms with E-state index < -0.39 is 10.0 Å². The minimum Gasteiger partial charge on any atom is -0.309 e. The monoisotopic (exact) mass is 318 g/mol. The molecule has 1 N–H and O–H groups in total. The van der Waals surface area contributed by atoms with Crippen molar-refractivity contribution in [1.29, 1.82) is 0 Å². The van der Waals surface area contributed by atoms with E-state index in [0.717, 1.165) is 24.9 Å². The Morgan fingerprint density at radius 1 is 1.25 bits per heavy atom. The first-order valence-corrected chi connectivity index (χ1v) is 8.69. The Labute approximate surface area is 127 Å². The quantitative estimate of drug-likeness (QED) is 0.747. The van der Waals surface area contributed by atoms with Gasteiger partial charge in [0.2, 0.25) is 10.0 Å². The Kier molecular flexibility index (Phi) is 6.95. The molecule has 0 fully saturated rings. The second kappa shape index (κ2) is 7.98. The fourth-order valence-corrected chi connectivity index (χ4v) is 3.28. The lowest BCUT2D eigenvalue weighted by Crippen LogP contribution is -2.34. The van der Waals surface area contributed by atoms with Gasteiger partial charge in [0.15, 0.2) is 0 Å². The third kappa shape index (κ3) is 5.79. The summed E-state index contributed by atoms with van der Waals surface area (Å²) in [5.74, 6) is 0.534. The first kappa shape index (κ1) is 17.4. The van der Waals surface area contributed by atoms with Crippen molar-refractivity contribution in [2.45, 2.75) is 30.7 Å². The Morgan fingerprint density at radius 3 is 2.35 bits per heavy atom. The molecule has 20 heavy (non-hydrogen) atoms. The molecule has 1 atom stereocenters. The molecular weight excluding hydrogens is 296 g/mol. The highest BCUT2D eigenvalue weighted by molar-refractivity contribution is 7.89. The molecule has 0 aliphatic heterocycles. The average Bonchev–Trinajstić information content (AvgIpc) is 2.37. The van der Waals surface area contributed by atoms with E-state index in [2.05, 4.69) is 4.72 Å². The van der Waals surface area contributed by atoms with Gasteiger partial charge in [0.05, 0.1) is 4.90 Å². The van der Waals surface area contributed by atoms with Crippen LogP contribution in [-0.4, -0.2) is 45.9 Å². The van der Waals surface area contributed by atoms with Gasteiger partial charge in [-0.3, -0.25) is 0 Å². The zero-order valence-electron chi connectivity index (χ0n) is 12.3. The summed E-state index contributed by atoms with van der Waals surface area (Å²) in [5.41, 5.74) is 1.04. The highest BCUT2D eigenvalue weighted by Crippen LogP contribution is 2.12. The van der Waals surface area contributed by atoms with Crippen LogP contribution in [0.4, 0.5) is 0 Å². The smallest absolute Gasteiger partial charge is 0.240 e. The number of hydrogen-bond donors (Lipinski definition) is 1. The zero-order chi connectivity index (χ0) is 15.2. The van der Waals surface area contributed by atoms with Gasteiger partial charge >= 0.3 is 0 Å². The van der Waals surface area contributed by atoms with Crippen molar-refractivity contribution in [1.82, 2.24) is 9.62 Å². The molecule has 0 aromatic heterocycles. The summed E-state index contributed by atoms with van der Waals surface area (Å²) in [6.07, 6.45) is 1.52. The van der Waals surface area contributed by atoms with Crippen molar-refractivity contribution in [3.63, 3.8) is 0 Å². The Balaban J connectivity index is 2.68. The number of hydrogen-bond acceptors (Lipinski definition) is 3. The van der Waals surface area contributed by atoms with Gasteiger partial charge in [-0.2, -0.15) is 0 Å². The summed E-state index contributed by atoms with van der Waals surface area (Å²) in [7, 11) is 0.498. The normalized spacial score (nSPS) is 13.7. The molecular formula is C14H23ClN2O2S. The minimum absolute atomic E-state index is 0.0927. The van der Waals surface area contributed by atoms with Crippen molar-refractivity contribution in [3.05, 3.63) is 29.8 Å². The van der Waals surface area contributed by atoms with E-state index in [-0.39, 0.29) is 6.04 Å². The van der Waals surface area contributed by atoms with Crippen molar-refractivity contribution in [2.24, 2.45) is 0 Å². The molecule has 0 saturated carbocycles. The number of benzene rings is 1. The van der Waals surface area contributed by atoms with Crippen molar-refractivity contribution in [2.75, 3.05) is 26.5 Å². The minimum atomic E-state index is -3.44. The molecule has 0 aliphatic carbocycles. The van der Waals surface area contributed by atoms with Gasteiger partial charge in [-0.05, 0) is 58.1 Å². The maximum absolute atomic E-state index is 12.2. The molecule has 6 heteroatoms. The van der Waals surface area contributed by atoms with Gasteiger partial charge in [0, 0.05) is 11.9 Å². The van der Waals surface area contributed by atoms with Crippen LogP contribution in [0.3, 0.4) is 0 Å². The third-order valence-electron chi connectivity index (χ3n) is 2.98. The number of sulfonamides is 1. The highest BCUT2D eigenvalue weighted by Gasteiger charge is 2.17. The van der Waals surface area contributed by atoms with E-state index in [4.69, 9.17) is 11.6 Å². The lowest BCUT2D eigenvalue weighted by molar-refractivity contribution is 0.379. The van der Waals surface area contributed by atoms with Crippen LogP contribution in [0.2, 0.25) is 0 Å². The molecule has 0 heterocycles. The summed E-state index contributed by atoms with van der Waals surface area (Å²) in [4.78, 5) is 2.33. The molecule has 1 unspecified atom stereocenters. The number of alkyl halides is 1. The fourth-order valence-electron chi connectivity index (χ4n) is 1.79.